The van der Waals surface area contributed by atoms with Crippen molar-refractivity contribution in [3.05, 3.63) is 71.4 Å². The zero-order chi connectivity index (χ0) is 17.2. The van der Waals surface area contributed by atoms with Gasteiger partial charge in [-0.3, -0.25) is 5.10 Å². The summed E-state index contributed by atoms with van der Waals surface area (Å²) in [6, 6.07) is 14.0. The van der Waals surface area contributed by atoms with Crippen LogP contribution < -0.4 is 10.6 Å². The summed E-state index contributed by atoms with van der Waals surface area (Å²) >= 11 is 0. The van der Waals surface area contributed by atoms with Gasteiger partial charge in [-0.2, -0.15) is 5.10 Å². The van der Waals surface area contributed by atoms with Gasteiger partial charge < -0.3 is 10.6 Å². The smallest absolute Gasteiger partial charge is 0.156 e. The quantitative estimate of drug-likeness (QED) is 0.545. The Morgan fingerprint density at radius 3 is 2.56 bits per heavy atom. The maximum absolute atomic E-state index is 6.20. The van der Waals surface area contributed by atoms with E-state index in [0.717, 1.165) is 33.6 Å². The second-order valence-corrected chi connectivity index (χ2v) is 5.90. The molecule has 0 aliphatic heterocycles. The van der Waals surface area contributed by atoms with E-state index in [9.17, 15) is 0 Å². The van der Waals surface area contributed by atoms with Crippen LogP contribution in [0, 0.1) is 0 Å². The van der Waals surface area contributed by atoms with Crippen LogP contribution in [-0.2, 0) is 12.8 Å². The van der Waals surface area contributed by atoms with Crippen molar-refractivity contribution < 1.29 is 4.74 Å². The Labute approximate surface area is 144 Å². The predicted octanol–water partition coefficient (Wildman–Crippen LogP) is 2.06. The molecule has 2 aromatic heterocycles. The Bertz CT molecular complexity index is 1020. The van der Waals surface area contributed by atoms with Crippen molar-refractivity contribution in [3.63, 3.8) is 0 Å². The van der Waals surface area contributed by atoms with E-state index in [1.54, 1.807) is 18.0 Å². The molecule has 0 unspecified atom stereocenters. The molecule has 0 atom stereocenters. The lowest BCUT2D eigenvalue weighted by Crippen LogP contribution is -2.17. The van der Waals surface area contributed by atoms with Crippen LogP contribution in [0.2, 0.25) is 0 Å². The molecule has 0 aliphatic carbocycles. The Hall–Kier alpha value is -3.35. The molecule has 7 heteroatoms. The maximum Gasteiger partial charge on any atom is 0.156 e. The average molecular weight is 334 g/mol. The first-order chi connectivity index (χ1) is 12.2. The van der Waals surface area contributed by atoms with Gasteiger partial charge >= 0.3 is 0 Å². The molecule has 126 valence electrons. The number of ether oxygens (including phenoxy) is 1. The van der Waals surface area contributed by atoms with E-state index < -0.39 is 0 Å². The average Bonchev–Trinajstić information content (AvgIpc) is 3.23. The van der Waals surface area contributed by atoms with Crippen LogP contribution in [0.15, 0.2) is 48.7 Å². The summed E-state index contributed by atoms with van der Waals surface area (Å²) in [5.74, 6) is 8.46. The number of aromatic amines is 1. The molecule has 25 heavy (non-hydrogen) atoms. The van der Waals surface area contributed by atoms with Crippen LogP contribution in [0.3, 0.4) is 0 Å². The number of hydrogen-bond acceptors (Lipinski definition) is 5. The van der Waals surface area contributed by atoms with Gasteiger partial charge in [0.1, 0.15) is 5.75 Å². The SMILES string of the molecule is COc1cccc(Cc2nnc(Cc3ccc4[nH]ncc4c3)n2N)c1. The van der Waals surface area contributed by atoms with Crippen molar-refractivity contribution >= 4 is 10.9 Å². The van der Waals surface area contributed by atoms with Crippen LogP contribution in [-0.4, -0.2) is 32.2 Å². The summed E-state index contributed by atoms with van der Waals surface area (Å²) < 4.78 is 6.82. The van der Waals surface area contributed by atoms with Crippen molar-refractivity contribution in [1.29, 1.82) is 0 Å². The van der Waals surface area contributed by atoms with Gasteiger partial charge in [-0.05, 0) is 35.4 Å². The molecule has 4 rings (SSSR count). The van der Waals surface area contributed by atoms with Gasteiger partial charge in [0.2, 0.25) is 0 Å². The highest BCUT2D eigenvalue weighted by atomic mass is 16.5. The summed E-state index contributed by atoms with van der Waals surface area (Å²) in [6.07, 6.45) is 3.02. The lowest BCUT2D eigenvalue weighted by atomic mass is 10.1. The minimum atomic E-state index is 0.599. The van der Waals surface area contributed by atoms with E-state index >= 15 is 0 Å². The van der Waals surface area contributed by atoms with Gasteiger partial charge in [0.15, 0.2) is 11.6 Å². The minimum absolute atomic E-state index is 0.599. The molecular weight excluding hydrogens is 316 g/mol. The Morgan fingerprint density at radius 2 is 1.80 bits per heavy atom. The highest BCUT2D eigenvalue weighted by Gasteiger charge is 2.12. The van der Waals surface area contributed by atoms with Crippen LogP contribution in [0.4, 0.5) is 0 Å². The highest BCUT2D eigenvalue weighted by molar-refractivity contribution is 5.78. The molecule has 0 amide bonds. The van der Waals surface area contributed by atoms with E-state index in [1.165, 1.54) is 0 Å². The second-order valence-electron chi connectivity index (χ2n) is 5.90. The number of nitrogens with zero attached hydrogens (tertiary/aromatic N) is 4. The summed E-state index contributed by atoms with van der Waals surface area (Å²) in [5, 5.41) is 16.5. The Kier molecular flexibility index (Phi) is 3.81. The zero-order valence-electron chi connectivity index (χ0n) is 13.8. The summed E-state index contributed by atoms with van der Waals surface area (Å²) in [7, 11) is 1.65. The molecule has 4 aromatic rings. The lowest BCUT2D eigenvalue weighted by molar-refractivity contribution is 0.414. The van der Waals surface area contributed by atoms with Gasteiger partial charge in [0.05, 0.1) is 18.8 Å². The van der Waals surface area contributed by atoms with Crippen molar-refractivity contribution in [2.75, 3.05) is 13.0 Å². The number of aromatic nitrogens is 5. The second kappa shape index (κ2) is 6.27. The third-order valence-electron chi connectivity index (χ3n) is 4.20. The van der Waals surface area contributed by atoms with Gasteiger partial charge in [-0.25, -0.2) is 4.68 Å². The number of benzene rings is 2. The fourth-order valence-electron chi connectivity index (χ4n) is 2.85. The maximum atomic E-state index is 6.20. The largest absolute Gasteiger partial charge is 0.497 e. The Morgan fingerprint density at radius 1 is 1.04 bits per heavy atom. The van der Waals surface area contributed by atoms with Crippen molar-refractivity contribution in [2.45, 2.75) is 12.8 Å². The number of hydrogen-bond donors (Lipinski definition) is 2. The molecular formula is C18H18N6O. The van der Waals surface area contributed by atoms with E-state index in [4.69, 9.17) is 10.6 Å². The van der Waals surface area contributed by atoms with Crippen LogP contribution in [0.1, 0.15) is 22.8 Å². The van der Waals surface area contributed by atoms with Gasteiger partial charge in [-0.15, -0.1) is 10.2 Å². The number of methoxy groups -OCH3 is 1. The third kappa shape index (κ3) is 3.03. The number of fused-ring (bicyclic) bond motifs is 1. The highest BCUT2D eigenvalue weighted by Crippen LogP contribution is 2.17. The minimum Gasteiger partial charge on any atom is -0.497 e. The first-order valence-electron chi connectivity index (χ1n) is 7.96. The number of H-pyrrole nitrogens is 1. The van der Waals surface area contributed by atoms with Crippen molar-refractivity contribution in [3.8, 4) is 5.75 Å². The summed E-state index contributed by atoms with van der Waals surface area (Å²) in [5.41, 5.74) is 3.20. The number of nitrogens with two attached hydrogens (primary N) is 1. The zero-order valence-corrected chi connectivity index (χ0v) is 13.8. The molecule has 0 radical (unpaired) electrons. The van der Waals surface area contributed by atoms with Crippen molar-refractivity contribution in [2.24, 2.45) is 0 Å². The van der Waals surface area contributed by atoms with E-state index in [-0.39, 0.29) is 0 Å². The lowest BCUT2D eigenvalue weighted by Gasteiger charge is -2.06. The number of nitrogens with one attached hydrogen (secondary N) is 1. The van der Waals surface area contributed by atoms with Crippen LogP contribution in [0.5, 0.6) is 5.75 Å². The topological polar surface area (TPSA) is 94.6 Å². The molecule has 0 spiro atoms. The molecule has 0 fully saturated rings. The van der Waals surface area contributed by atoms with Gasteiger partial charge in [0, 0.05) is 18.2 Å². The van der Waals surface area contributed by atoms with Crippen LogP contribution >= 0.6 is 0 Å². The Balaban J connectivity index is 1.55. The summed E-state index contributed by atoms with van der Waals surface area (Å²) in [4.78, 5) is 0. The predicted molar refractivity (Wildman–Crippen MR) is 94.9 cm³/mol. The third-order valence-corrected chi connectivity index (χ3v) is 4.20. The summed E-state index contributed by atoms with van der Waals surface area (Å²) in [6.45, 7) is 0. The molecule has 7 nitrogen and oxygen atoms in total. The molecule has 2 heterocycles. The van der Waals surface area contributed by atoms with Gasteiger partial charge in [-0.1, -0.05) is 18.2 Å². The van der Waals surface area contributed by atoms with Crippen molar-refractivity contribution in [1.82, 2.24) is 25.1 Å². The van der Waals surface area contributed by atoms with E-state index in [2.05, 4.69) is 26.5 Å². The number of rotatable bonds is 5. The first kappa shape index (κ1) is 15.2. The molecule has 0 saturated heterocycles. The van der Waals surface area contributed by atoms with Crippen LogP contribution in [0.25, 0.3) is 10.9 Å². The molecule has 2 aromatic carbocycles. The molecule has 0 aliphatic rings. The molecule has 0 bridgehead atoms. The van der Waals surface area contributed by atoms with E-state index in [1.807, 2.05) is 36.4 Å². The normalized spacial score (nSPS) is 11.1. The fourth-order valence-corrected chi connectivity index (χ4v) is 2.85. The van der Waals surface area contributed by atoms with E-state index in [0.29, 0.717) is 18.7 Å². The number of nitrogen functional groups attached to an aromatic ring is 1. The fraction of sp³-hybridized carbons (Fsp3) is 0.167. The van der Waals surface area contributed by atoms with Gasteiger partial charge in [0.25, 0.3) is 0 Å². The standard InChI is InChI=1S/C18H18N6O/c1-25-15-4-2-3-12(8-15)9-17-22-23-18(24(17)19)10-13-5-6-16-14(7-13)11-20-21-16/h2-8,11H,9-10,19H2,1H3,(H,20,21). The monoisotopic (exact) mass is 334 g/mol. The molecule has 0 saturated carbocycles. The first-order valence-corrected chi connectivity index (χ1v) is 7.96. The molecule has 3 N–H and O–H groups in total.